The topological polar surface area (TPSA) is 49.3 Å². The van der Waals surface area contributed by atoms with Crippen LogP contribution >= 0.6 is 15.9 Å². The Labute approximate surface area is 128 Å². The van der Waals surface area contributed by atoms with Crippen LogP contribution in [0.3, 0.4) is 0 Å². The zero-order valence-electron chi connectivity index (χ0n) is 10.9. The normalized spacial score (nSPS) is 10.4. The first-order valence-corrected chi connectivity index (χ1v) is 6.96. The molecule has 6 heteroatoms. The molecule has 2 aromatic carbocycles. The summed E-state index contributed by atoms with van der Waals surface area (Å²) >= 11 is 3.21. The fraction of sp³-hybridized carbons (Fsp3) is 0.133. The van der Waals surface area contributed by atoms with Gasteiger partial charge in [0, 0.05) is 22.8 Å². The molecule has 0 aliphatic heterocycles. The second-order valence-corrected chi connectivity index (χ2v) is 5.37. The van der Waals surface area contributed by atoms with Gasteiger partial charge in [-0.1, -0.05) is 15.9 Å². The molecule has 0 atom stereocenters. The van der Waals surface area contributed by atoms with E-state index in [1.54, 1.807) is 12.1 Å². The quantitative estimate of drug-likeness (QED) is 0.849. The predicted octanol–water partition coefficient (Wildman–Crippen LogP) is 4.08. The van der Waals surface area contributed by atoms with Crippen LogP contribution in [0.25, 0.3) is 0 Å². The van der Waals surface area contributed by atoms with Gasteiger partial charge in [0.1, 0.15) is 11.6 Å². The number of hydrogen-bond donors (Lipinski definition) is 2. The van der Waals surface area contributed by atoms with Crippen molar-refractivity contribution in [3.63, 3.8) is 0 Å². The first-order valence-electron chi connectivity index (χ1n) is 6.17. The maximum Gasteiger partial charge on any atom is 0.337 e. The molecule has 21 heavy (non-hydrogen) atoms. The third kappa shape index (κ3) is 4.26. The van der Waals surface area contributed by atoms with Gasteiger partial charge in [0.15, 0.2) is 0 Å². The number of aromatic carboxylic acids is 1. The smallest absolute Gasteiger partial charge is 0.337 e. The summed E-state index contributed by atoms with van der Waals surface area (Å²) in [6.45, 7) is 0.366. The number of anilines is 1. The van der Waals surface area contributed by atoms with E-state index in [-0.39, 0.29) is 5.56 Å². The van der Waals surface area contributed by atoms with E-state index < -0.39 is 17.6 Å². The number of hydrogen-bond acceptors (Lipinski definition) is 2. The summed E-state index contributed by atoms with van der Waals surface area (Å²) < 4.78 is 26.8. The molecule has 0 radical (unpaired) electrons. The fourth-order valence-electron chi connectivity index (χ4n) is 1.94. The van der Waals surface area contributed by atoms with Crippen molar-refractivity contribution >= 4 is 27.6 Å². The van der Waals surface area contributed by atoms with Gasteiger partial charge in [0.2, 0.25) is 0 Å². The van der Waals surface area contributed by atoms with E-state index in [0.29, 0.717) is 28.7 Å². The van der Waals surface area contributed by atoms with Gasteiger partial charge in [-0.05, 0) is 42.3 Å². The molecule has 2 N–H and O–H groups in total. The van der Waals surface area contributed by atoms with E-state index in [1.807, 2.05) is 0 Å². The number of carbonyl (C=O) groups is 1. The van der Waals surface area contributed by atoms with E-state index in [2.05, 4.69) is 21.2 Å². The molecule has 0 aliphatic rings. The number of halogens is 3. The fourth-order valence-corrected chi connectivity index (χ4v) is 2.31. The van der Waals surface area contributed by atoms with Gasteiger partial charge in [-0.2, -0.15) is 0 Å². The maximum absolute atomic E-state index is 13.0. The summed E-state index contributed by atoms with van der Waals surface area (Å²) in [4.78, 5) is 11.1. The Morgan fingerprint density at radius 1 is 1.14 bits per heavy atom. The molecule has 0 bridgehead atoms. The van der Waals surface area contributed by atoms with Crippen LogP contribution in [0, 0.1) is 11.6 Å². The van der Waals surface area contributed by atoms with Crippen LogP contribution in [0.4, 0.5) is 14.5 Å². The second-order valence-electron chi connectivity index (χ2n) is 4.45. The van der Waals surface area contributed by atoms with Crippen LogP contribution in [0.2, 0.25) is 0 Å². The molecule has 3 nitrogen and oxygen atoms in total. The Kier molecular flexibility index (Phi) is 4.90. The average Bonchev–Trinajstić information content (AvgIpc) is 2.39. The second kappa shape index (κ2) is 6.67. The number of benzene rings is 2. The minimum absolute atomic E-state index is 0.134. The van der Waals surface area contributed by atoms with Crippen molar-refractivity contribution in [2.45, 2.75) is 6.42 Å². The molecular formula is C15H12BrF2NO2. The Bertz CT molecular complexity index is 656. The first kappa shape index (κ1) is 15.4. The summed E-state index contributed by atoms with van der Waals surface area (Å²) in [7, 11) is 0. The largest absolute Gasteiger partial charge is 0.478 e. The van der Waals surface area contributed by atoms with Gasteiger partial charge in [-0.25, -0.2) is 13.6 Å². The molecule has 0 aliphatic carbocycles. The Morgan fingerprint density at radius 2 is 1.81 bits per heavy atom. The maximum atomic E-state index is 13.0. The van der Waals surface area contributed by atoms with Crippen LogP contribution in [-0.4, -0.2) is 17.6 Å². The monoisotopic (exact) mass is 355 g/mol. The van der Waals surface area contributed by atoms with E-state index >= 15 is 0 Å². The van der Waals surface area contributed by atoms with E-state index in [4.69, 9.17) is 5.11 Å². The number of carboxylic acids is 1. The SMILES string of the molecule is O=C(O)c1cc(Br)ccc1NCCc1cc(F)cc(F)c1. The predicted molar refractivity (Wildman–Crippen MR) is 79.7 cm³/mol. The molecule has 0 unspecified atom stereocenters. The lowest BCUT2D eigenvalue weighted by atomic mass is 10.1. The van der Waals surface area contributed by atoms with Crippen LogP contribution < -0.4 is 5.32 Å². The molecule has 110 valence electrons. The summed E-state index contributed by atoms with van der Waals surface area (Å²) in [6, 6.07) is 8.17. The van der Waals surface area contributed by atoms with Gasteiger partial charge in [-0.3, -0.25) is 0 Å². The highest BCUT2D eigenvalue weighted by Crippen LogP contribution is 2.21. The molecule has 2 aromatic rings. The highest BCUT2D eigenvalue weighted by molar-refractivity contribution is 9.10. The number of nitrogens with one attached hydrogen (secondary N) is 1. The standard InChI is InChI=1S/C15H12BrF2NO2/c16-10-1-2-14(13(7-10)15(20)21)19-4-3-9-5-11(17)8-12(18)6-9/h1-2,5-8,19H,3-4H2,(H,20,21). The van der Waals surface area contributed by atoms with Gasteiger partial charge in [0.25, 0.3) is 0 Å². The molecule has 2 rings (SSSR count). The van der Waals surface area contributed by atoms with Crippen molar-refractivity contribution in [2.75, 3.05) is 11.9 Å². The average molecular weight is 356 g/mol. The minimum atomic E-state index is -1.05. The molecule has 0 amide bonds. The summed E-state index contributed by atoms with van der Waals surface area (Å²) in [5.74, 6) is -2.30. The Morgan fingerprint density at radius 3 is 2.43 bits per heavy atom. The van der Waals surface area contributed by atoms with Crippen LogP contribution in [0.1, 0.15) is 15.9 Å². The van der Waals surface area contributed by atoms with Gasteiger partial charge >= 0.3 is 5.97 Å². The molecule has 0 saturated carbocycles. The number of rotatable bonds is 5. The van der Waals surface area contributed by atoms with Crippen molar-refractivity contribution in [1.29, 1.82) is 0 Å². The van der Waals surface area contributed by atoms with Crippen molar-refractivity contribution in [2.24, 2.45) is 0 Å². The van der Waals surface area contributed by atoms with Crippen molar-refractivity contribution < 1.29 is 18.7 Å². The van der Waals surface area contributed by atoms with Crippen LogP contribution in [-0.2, 0) is 6.42 Å². The summed E-state index contributed by atoms with van der Waals surface area (Å²) in [6.07, 6.45) is 0.379. The zero-order valence-corrected chi connectivity index (χ0v) is 12.5. The highest BCUT2D eigenvalue weighted by atomic mass is 79.9. The highest BCUT2D eigenvalue weighted by Gasteiger charge is 2.10. The van der Waals surface area contributed by atoms with Crippen molar-refractivity contribution in [3.05, 3.63) is 63.6 Å². The van der Waals surface area contributed by atoms with E-state index in [0.717, 1.165) is 6.07 Å². The lowest BCUT2D eigenvalue weighted by molar-refractivity contribution is 0.0698. The third-order valence-electron chi connectivity index (χ3n) is 2.86. The van der Waals surface area contributed by atoms with Crippen LogP contribution in [0.5, 0.6) is 0 Å². The third-order valence-corrected chi connectivity index (χ3v) is 3.36. The van der Waals surface area contributed by atoms with E-state index in [1.165, 1.54) is 18.2 Å². The first-order chi connectivity index (χ1) is 9.95. The number of carboxylic acid groups (broad SMARTS) is 1. The molecular weight excluding hydrogens is 344 g/mol. The van der Waals surface area contributed by atoms with Gasteiger partial charge < -0.3 is 10.4 Å². The lowest BCUT2D eigenvalue weighted by Gasteiger charge is -2.10. The molecule has 0 aromatic heterocycles. The van der Waals surface area contributed by atoms with Gasteiger partial charge in [0.05, 0.1) is 5.56 Å². The van der Waals surface area contributed by atoms with Crippen molar-refractivity contribution in [3.8, 4) is 0 Å². The Hall–Kier alpha value is -1.95. The molecule has 0 saturated heterocycles. The summed E-state index contributed by atoms with van der Waals surface area (Å²) in [5, 5.41) is 12.1. The summed E-state index contributed by atoms with van der Waals surface area (Å²) in [5.41, 5.74) is 1.10. The molecule has 0 spiro atoms. The van der Waals surface area contributed by atoms with Crippen LogP contribution in [0.15, 0.2) is 40.9 Å². The Balaban J connectivity index is 2.05. The minimum Gasteiger partial charge on any atom is -0.478 e. The van der Waals surface area contributed by atoms with Gasteiger partial charge in [-0.15, -0.1) is 0 Å². The van der Waals surface area contributed by atoms with Crippen molar-refractivity contribution in [1.82, 2.24) is 0 Å². The van der Waals surface area contributed by atoms with E-state index in [9.17, 15) is 13.6 Å². The molecule has 0 heterocycles. The molecule has 0 fully saturated rings. The zero-order chi connectivity index (χ0) is 15.4. The lowest BCUT2D eigenvalue weighted by Crippen LogP contribution is -2.09.